The number of ether oxygens (including phenoxy) is 2. The summed E-state index contributed by atoms with van der Waals surface area (Å²) in [4.78, 5) is 38.0. The molecule has 1 fully saturated rings. The Morgan fingerprint density at radius 1 is 1.00 bits per heavy atom. The zero-order valence-electron chi connectivity index (χ0n) is 20.4. The van der Waals surface area contributed by atoms with Crippen LogP contribution in [0.4, 0.5) is 5.69 Å². The minimum atomic E-state index is -0.179. The van der Waals surface area contributed by atoms with Crippen molar-refractivity contribution in [1.29, 1.82) is 0 Å². The molecular formula is C27H26N5O5+. The standard InChI is InChI=1S/C27H26N5O5/c1-35-32(34)20-8-6-19(7-9-20)31-26-25(22-4-2-3-5-23(22)27(31)33)28-24-11-10-21(18-30(24)26)37-17-14-29-12-15-36-16-13-29/h2-11,18H,12-17H2,1H3/q+1. The van der Waals surface area contributed by atoms with Gasteiger partial charge in [0.25, 0.3) is 10.5 Å². The van der Waals surface area contributed by atoms with Gasteiger partial charge in [0, 0.05) is 42.5 Å². The van der Waals surface area contributed by atoms with E-state index in [1.54, 1.807) is 34.9 Å². The Kier molecular flexibility index (Phi) is 6.03. The van der Waals surface area contributed by atoms with E-state index in [0.29, 0.717) is 50.9 Å². The van der Waals surface area contributed by atoms with Gasteiger partial charge in [-0.15, -0.1) is 0 Å². The maximum absolute atomic E-state index is 13.8. The highest BCUT2D eigenvalue weighted by molar-refractivity contribution is 6.04. The lowest BCUT2D eigenvalue weighted by Gasteiger charge is -2.26. The van der Waals surface area contributed by atoms with E-state index in [-0.39, 0.29) is 5.56 Å². The Morgan fingerprint density at radius 2 is 1.76 bits per heavy atom. The van der Waals surface area contributed by atoms with Crippen molar-refractivity contribution in [3.63, 3.8) is 0 Å². The maximum Gasteiger partial charge on any atom is 0.316 e. The average molecular weight is 501 g/mol. The lowest BCUT2D eigenvalue weighted by atomic mass is 10.1. The van der Waals surface area contributed by atoms with E-state index in [4.69, 9.17) is 19.3 Å². The lowest BCUT2D eigenvalue weighted by Crippen LogP contribution is -2.38. The first kappa shape index (κ1) is 23.1. The third-order valence-electron chi connectivity index (χ3n) is 6.66. The number of imidazole rings is 1. The summed E-state index contributed by atoms with van der Waals surface area (Å²) in [5, 5.41) is 1.34. The molecule has 0 saturated carbocycles. The number of morpholine rings is 1. The predicted molar refractivity (Wildman–Crippen MR) is 139 cm³/mol. The van der Waals surface area contributed by atoms with Gasteiger partial charge in [-0.3, -0.25) is 18.7 Å². The second-order valence-electron chi connectivity index (χ2n) is 8.82. The molecule has 5 aromatic rings. The molecule has 0 aliphatic carbocycles. The maximum atomic E-state index is 13.8. The Hall–Kier alpha value is -4.28. The van der Waals surface area contributed by atoms with Crippen molar-refractivity contribution in [2.75, 3.05) is 46.6 Å². The van der Waals surface area contributed by atoms with Crippen molar-refractivity contribution in [3.8, 4) is 11.4 Å². The van der Waals surface area contributed by atoms with Crippen LogP contribution in [-0.4, -0.2) is 70.3 Å². The summed E-state index contributed by atoms with van der Waals surface area (Å²) < 4.78 is 15.0. The number of rotatable bonds is 7. The Bertz CT molecular complexity index is 1670. The second kappa shape index (κ2) is 9.64. The number of benzene rings is 2. The van der Waals surface area contributed by atoms with Gasteiger partial charge in [-0.25, -0.2) is 9.82 Å². The Morgan fingerprint density at radius 3 is 2.51 bits per heavy atom. The number of hydrogen-bond acceptors (Lipinski definition) is 7. The van der Waals surface area contributed by atoms with Gasteiger partial charge in [0.1, 0.15) is 23.5 Å². The van der Waals surface area contributed by atoms with E-state index in [0.717, 1.165) is 38.2 Å². The zero-order chi connectivity index (χ0) is 25.4. The highest BCUT2D eigenvalue weighted by Gasteiger charge is 2.20. The van der Waals surface area contributed by atoms with Crippen LogP contribution in [0.2, 0.25) is 0 Å². The van der Waals surface area contributed by atoms with Crippen molar-refractivity contribution < 1.29 is 19.2 Å². The summed E-state index contributed by atoms with van der Waals surface area (Å²) in [6, 6.07) is 17.9. The van der Waals surface area contributed by atoms with Gasteiger partial charge in [-0.05, 0) is 30.3 Å². The normalized spacial score (nSPS) is 14.4. The highest BCUT2D eigenvalue weighted by atomic mass is 16.8. The van der Waals surface area contributed by atoms with Gasteiger partial charge in [0.15, 0.2) is 12.8 Å². The first-order valence-electron chi connectivity index (χ1n) is 12.1. The molecule has 2 aromatic carbocycles. The topological polar surface area (TPSA) is 90.3 Å². The van der Waals surface area contributed by atoms with Crippen LogP contribution in [0, 0.1) is 4.91 Å². The summed E-state index contributed by atoms with van der Waals surface area (Å²) in [5.41, 5.74) is 2.77. The quantitative estimate of drug-likeness (QED) is 0.316. The first-order chi connectivity index (χ1) is 18.1. The molecule has 1 aliphatic heterocycles. The molecule has 0 atom stereocenters. The Labute approximate surface area is 211 Å². The fourth-order valence-electron chi connectivity index (χ4n) is 4.77. The van der Waals surface area contributed by atoms with E-state index >= 15 is 0 Å². The van der Waals surface area contributed by atoms with Crippen LogP contribution in [-0.2, 0) is 9.57 Å². The molecule has 0 N–H and O–H groups in total. The smallest absolute Gasteiger partial charge is 0.316 e. The molecule has 1 saturated heterocycles. The summed E-state index contributed by atoms with van der Waals surface area (Å²) in [5.74, 6) is 0.685. The average Bonchev–Trinajstić information content (AvgIpc) is 3.32. The number of pyridine rings is 2. The molecule has 1 aliphatic rings. The van der Waals surface area contributed by atoms with Gasteiger partial charge >= 0.3 is 5.69 Å². The van der Waals surface area contributed by atoms with Crippen molar-refractivity contribution >= 4 is 33.3 Å². The van der Waals surface area contributed by atoms with Gasteiger partial charge in [0.05, 0.1) is 30.0 Å². The van der Waals surface area contributed by atoms with E-state index in [1.165, 1.54) is 7.11 Å². The van der Waals surface area contributed by atoms with E-state index < -0.39 is 0 Å². The van der Waals surface area contributed by atoms with Crippen LogP contribution in [0.15, 0.2) is 71.7 Å². The number of aromatic nitrogens is 3. The van der Waals surface area contributed by atoms with Crippen LogP contribution < -0.4 is 10.3 Å². The van der Waals surface area contributed by atoms with Crippen molar-refractivity contribution in [2.45, 2.75) is 0 Å². The lowest BCUT2D eigenvalue weighted by molar-refractivity contribution is -0.736. The molecule has 10 nitrogen and oxygen atoms in total. The highest BCUT2D eigenvalue weighted by Crippen LogP contribution is 2.28. The molecule has 6 rings (SSSR count). The van der Waals surface area contributed by atoms with E-state index in [1.807, 2.05) is 40.9 Å². The molecule has 0 unspecified atom stereocenters. The molecule has 0 amide bonds. The summed E-state index contributed by atoms with van der Waals surface area (Å²) in [6.45, 7) is 4.66. The monoisotopic (exact) mass is 500 g/mol. The van der Waals surface area contributed by atoms with Crippen molar-refractivity contribution in [2.24, 2.45) is 0 Å². The van der Waals surface area contributed by atoms with Gasteiger partial charge in [-0.2, -0.15) is 0 Å². The minimum absolute atomic E-state index is 0.179. The number of nitrogens with zero attached hydrogens (tertiary/aromatic N) is 5. The van der Waals surface area contributed by atoms with Crippen LogP contribution in [0.25, 0.3) is 33.3 Å². The minimum Gasteiger partial charge on any atom is -0.491 e. The van der Waals surface area contributed by atoms with Crippen LogP contribution in [0.3, 0.4) is 0 Å². The molecular weight excluding hydrogens is 474 g/mol. The van der Waals surface area contributed by atoms with E-state index in [9.17, 15) is 9.70 Å². The SMILES string of the molecule is CO[N+](=O)c1ccc(-n2c(=O)c3ccccc3c3nc4ccc(OCCN5CCOCC5)cn4c32)cc1. The van der Waals surface area contributed by atoms with Crippen molar-refractivity contribution in [3.05, 3.63) is 82.1 Å². The Balaban J connectivity index is 1.47. The third kappa shape index (κ3) is 4.20. The molecule has 3 aromatic heterocycles. The summed E-state index contributed by atoms with van der Waals surface area (Å²) in [6.07, 6.45) is 1.87. The van der Waals surface area contributed by atoms with Crippen LogP contribution >= 0.6 is 0 Å². The molecule has 188 valence electrons. The van der Waals surface area contributed by atoms with Crippen LogP contribution in [0.5, 0.6) is 5.75 Å². The molecule has 0 bridgehead atoms. The zero-order valence-corrected chi connectivity index (χ0v) is 20.4. The molecule has 37 heavy (non-hydrogen) atoms. The summed E-state index contributed by atoms with van der Waals surface area (Å²) in [7, 11) is 1.30. The largest absolute Gasteiger partial charge is 0.491 e. The van der Waals surface area contributed by atoms with Crippen molar-refractivity contribution in [1.82, 2.24) is 18.9 Å². The second-order valence-corrected chi connectivity index (χ2v) is 8.82. The molecule has 0 spiro atoms. The van der Waals surface area contributed by atoms with E-state index in [2.05, 4.69) is 4.90 Å². The number of fused-ring (bicyclic) bond motifs is 5. The summed E-state index contributed by atoms with van der Waals surface area (Å²) >= 11 is 0. The molecule has 0 radical (unpaired) electrons. The molecule has 4 heterocycles. The van der Waals surface area contributed by atoms with Gasteiger partial charge in [-0.1, -0.05) is 18.2 Å². The number of hydrogen-bond donors (Lipinski definition) is 0. The predicted octanol–water partition coefficient (Wildman–Crippen LogP) is 3.47. The third-order valence-corrected chi connectivity index (χ3v) is 6.66. The van der Waals surface area contributed by atoms with Gasteiger partial charge < -0.3 is 9.47 Å². The van der Waals surface area contributed by atoms with Crippen LogP contribution in [0.1, 0.15) is 0 Å². The fraction of sp³-hybridized carbons (Fsp3) is 0.259. The first-order valence-corrected chi connectivity index (χ1v) is 12.1. The fourth-order valence-corrected chi connectivity index (χ4v) is 4.77. The molecule has 10 heteroatoms. The van der Waals surface area contributed by atoms with Gasteiger partial charge in [0.2, 0.25) is 0 Å².